The van der Waals surface area contributed by atoms with Crippen molar-refractivity contribution in [2.24, 2.45) is 5.92 Å². The van der Waals surface area contributed by atoms with Gasteiger partial charge in [-0.1, -0.05) is 19.4 Å². The van der Waals surface area contributed by atoms with Crippen LogP contribution in [0, 0.1) is 17.6 Å². The molecule has 0 amide bonds. The summed E-state index contributed by atoms with van der Waals surface area (Å²) in [7, 11) is 0. The van der Waals surface area contributed by atoms with Crippen molar-refractivity contribution >= 4 is 0 Å². The lowest BCUT2D eigenvalue weighted by Gasteiger charge is -2.12. The van der Waals surface area contributed by atoms with Crippen LogP contribution in [-0.2, 0) is 6.42 Å². The van der Waals surface area contributed by atoms with E-state index in [2.05, 4.69) is 0 Å². The highest BCUT2D eigenvalue weighted by molar-refractivity contribution is 5.36. The molecular formula is C13H16F2O. The maximum absolute atomic E-state index is 13.6. The molecule has 0 unspecified atom stereocenters. The number of ether oxygens (including phenoxy) is 1. The lowest BCUT2D eigenvalue weighted by atomic mass is 10.1. The molecule has 0 heterocycles. The molecule has 1 nitrogen and oxygen atoms in total. The van der Waals surface area contributed by atoms with Crippen LogP contribution in [0.3, 0.4) is 0 Å². The molecule has 3 heteroatoms. The summed E-state index contributed by atoms with van der Waals surface area (Å²) in [5, 5.41) is 0. The molecule has 1 saturated carbocycles. The predicted octanol–water partition coefficient (Wildman–Crippen LogP) is 3.71. The van der Waals surface area contributed by atoms with Crippen LogP contribution in [0.25, 0.3) is 0 Å². The van der Waals surface area contributed by atoms with Crippen molar-refractivity contribution in [3.63, 3.8) is 0 Å². The topological polar surface area (TPSA) is 9.23 Å². The molecule has 0 aliphatic heterocycles. The van der Waals surface area contributed by atoms with E-state index in [0.717, 1.165) is 31.2 Å². The normalized spacial score (nSPS) is 15.2. The average molecular weight is 226 g/mol. The van der Waals surface area contributed by atoms with Gasteiger partial charge in [-0.15, -0.1) is 0 Å². The average Bonchev–Trinajstić information content (AvgIpc) is 3.07. The Labute approximate surface area is 94.4 Å². The zero-order chi connectivity index (χ0) is 11.5. The van der Waals surface area contributed by atoms with E-state index in [1.165, 1.54) is 6.07 Å². The second-order valence-corrected chi connectivity index (χ2v) is 4.35. The molecular weight excluding hydrogens is 210 g/mol. The lowest BCUT2D eigenvalue weighted by molar-refractivity contribution is 0.277. The van der Waals surface area contributed by atoms with Gasteiger partial charge in [-0.2, -0.15) is 4.39 Å². The van der Waals surface area contributed by atoms with Gasteiger partial charge in [-0.25, -0.2) is 4.39 Å². The smallest absolute Gasteiger partial charge is 0.200 e. The number of aryl methyl sites for hydroxylation is 1. The van der Waals surface area contributed by atoms with Gasteiger partial charge in [-0.05, 0) is 36.8 Å². The number of halogens is 2. The Hall–Kier alpha value is -1.12. The molecule has 0 spiro atoms. The van der Waals surface area contributed by atoms with Crippen LogP contribution in [0.1, 0.15) is 31.7 Å². The number of hydrogen-bond donors (Lipinski definition) is 0. The molecule has 0 atom stereocenters. The van der Waals surface area contributed by atoms with Gasteiger partial charge in [0.1, 0.15) is 0 Å². The summed E-state index contributed by atoms with van der Waals surface area (Å²) in [6, 6.07) is 2.79. The molecule has 1 aromatic carbocycles. The van der Waals surface area contributed by atoms with Crippen molar-refractivity contribution < 1.29 is 13.5 Å². The fraction of sp³-hybridized carbons (Fsp3) is 0.538. The Kier molecular flexibility index (Phi) is 3.42. The van der Waals surface area contributed by atoms with E-state index < -0.39 is 11.6 Å². The Morgan fingerprint density at radius 3 is 2.69 bits per heavy atom. The standard InChI is InChI=1S/C13H16F2O/c1-2-3-10-6-7-11(14)12(15)13(10)16-8-9-4-5-9/h6-7,9H,2-5,8H2,1H3. The fourth-order valence-electron chi connectivity index (χ4n) is 1.68. The minimum Gasteiger partial charge on any atom is -0.490 e. The summed E-state index contributed by atoms with van der Waals surface area (Å²) >= 11 is 0. The monoisotopic (exact) mass is 226 g/mol. The molecule has 88 valence electrons. The molecule has 0 saturated heterocycles. The summed E-state index contributed by atoms with van der Waals surface area (Å²) < 4.78 is 32.1. The van der Waals surface area contributed by atoms with Crippen LogP contribution in [-0.4, -0.2) is 6.61 Å². The van der Waals surface area contributed by atoms with Crippen molar-refractivity contribution in [3.05, 3.63) is 29.3 Å². The zero-order valence-corrected chi connectivity index (χ0v) is 9.43. The molecule has 1 aliphatic rings. The minimum atomic E-state index is -0.841. The van der Waals surface area contributed by atoms with Crippen LogP contribution in [0.5, 0.6) is 5.75 Å². The second kappa shape index (κ2) is 4.81. The van der Waals surface area contributed by atoms with Gasteiger partial charge in [0.05, 0.1) is 6.61 Å². The van der Waals surface area contributed by atoms with Crippen LogP contribution in [0.15, 0.2) is 12.1 Å². The van der Waals surface area contributed by atoms with E-state index in [-0.39, 0.29) is 5.75 Å². The van der Waals surface area contributed by atoms with Crippen LogP contribution < -0.4 is 4.74 Å². The molecule has 1 fully saturated rings. The summed E-state index contributed by atoms with van der Waals surface area (Å²) in [5.74, 6) is -1.01. The van der Waals surface area contributed by atoms with Crippen LogP contribution in [0.2, 0.25) is 0 Å². The van der Waals surface area contributed by atoms with Gasteiger partial charge in [-0.3, -0.25) is 0 Å². The highest BCUT2D eigenvalue weighted by atomic mass is 19.2. The molecule has 0 aromatic heterocycles. The van der Waals surface area contributed by atoms with Gasteiger partial charge in [0.15, 0.2) is 11.6 Å². The van der Waals surface area contributed by atoms with Crippen LogP contribution >= 0.6 is 0 Å². The molecule has 0 N–H and O–H groups in total. The largest absolute Gasteiger partial charge is 0.490 e. The first-order valence-electron chi connectivity index (χ1n) is 5.82. The van der Waals surface area contributed by atoms with E-state index >= 15 is 0 Å². The highest BCUT2D eigenvalue weighted by Gasteiger charge is 2.23. The fourth-order valence-corrected chi connectivity index (χ4v) is 1.68. The van der Waals surface area contributed by atoms with E-state index in [9.17, 15) is 8.78 Å². The minimum absolute atomic E-state index is 0.119. The van der Waals surface area contributed by atoms with Crippen molar-refractivity contribution in [1.29, 1.82) is 0 Å². The van der Waals surface area contributed by atoms with Gasteiger partial charge < -0.3 is 4.74 Å². The van der Waals surface area contributed by atoms with Crippen LogP contribution in [0.4, 0.5) is 8.78 Å². The maximum atomic E-state index is 13.6. The van der Waals surface area contributed by atoms with Gasteiger partial charge >= 0.3 is 0 Å². The molecule has 0 bridgehead atoms. The SMILES string of the molecule is CCCc1ccc(F)c(F)c1OCC1CC1. The summed E-state index contributed by atoms with van der Waals surface area (Å²) in [5.41, 5.74) is 0.766. The summed E-state index contributed by atoms with van der Waals surface area (Å²) in [6.45, 7) is 2.52. The Balaban J connectivity index is 2.18. The number of benzene rings is 1. The molecule has 1 aliphatic carbocycles. The summed E-state index contributed by atoms with van der Waals surface area (Å²) in [4.78, 5) is 0. The first-order valence-corrected chi connectivity index (χ1v) is 5.82. The van der Waals surface area contributed by atoms with Crippen molar-refractivity contribution in [2.75, 3.05) is 6.61 Å². The third-order valence-corrected chi connectivity index (χ3v) is 2.81. The lowest BCUT2D eigenvalue weighted by Crippen LogP contribution is -2.05. The Bertz CT molecular complexity index is 372. The highest BCUT2D eigenvalue weighted by Crippen LogP contribution is 2.32. The zero-order valence-electron chi connectivity index (χ0n) is 9.43. The number of rotatable bonds is 5. The van der Waals surface area contributed by atoms with Gasteiger partial charge in [0.2, 0.25) is 5.82 Å². The molecule has 16 heavy (non-hydrogen) atoms. The molecule has 1 aromatic rings. The Morgan fingerprint density at radius 2 is 2.06 bits per heavy atom. The maximum Gasteiger partial charge on any atom is 0.200 e. The third kappa shape index (κ3) is 2.52. The summed E-state index contributed by atoms with van der Waals surface area (Å²) in [6.07, 6.45) is 3.89. The quantitative estimate of drug-likeness (QED) is 0.743. The van der Waals surface area contributed by atoms with E-state index in [1.807, 2.05) is 6.92 Å². The number of hydrogen-bond acceptors (Lipinski definition) is 1. The molecule has 2 rings (SSSR count). The van der Waals surface area contributed by atoms with E-state index in [0.29, 0.717) is 12.5 Å². The Morgan fingerprint density at radius 1 is 1.31 bits per heavy atom. The van der Waals surface area contributed by atoms with Crippen molar-refractivity contribution in [1.82, 2.24) is 0 Å². The second-order valence-electron chi connectivity index (χ2n) is 4.35. The van der Waals surface area contributed by atoms with Crippen molar-refractivity contribution in [2.45, 2.75) is 32.6 Å². The van der Waals surface area contributed by atoms with Gasteiger partial charge in [0.25, 0.3) is 0 Å². The van der Waals surface area contributed by atoms with E-state index in [4.69, 9.17) is 4.74 Å². The van der Waals surface area contributed by atoms with E-state index in [1.54, 1.807) is 6.07 Å². The predicted molar refractivity (Wildman–Crippen MR) is 58.6 cm³/mol. The van der Waals surface area contributed by atoms with Crippen molar-refractivity contribution in [3.8, 4) is 5.75 Å². The third-order valence-electron chi connectivity index (χ3n) is 2.81. The molecule has 0 radical (unpaired) electrons. The first-order chi connectivity index (χ1) is 7.72. The van der Waals surface area contributed by atoms with Gasteiger partial charge in [0, 0.05) is 0 Å². The first kappa shape index (κ1) is 11.4.